The molecule has 0 aliphatic carbocycles. The number of para-hydroxylation sites is 1. The number of rotatable bonds is 4. The first-order chi connectivity index (χ1) is 11.6. The van der Waals surface area contributed by atoms with Gasteiger partial charge < -0.3 is 4.74 Å². The normalized spacial score (nSPS) is 15.8. The smallest absolute Gasteiger partial charge is 0.280 e. The summed E-state index contributed by atoms with van der Waals surface area (Å²) in [4.78, 5) is 12.7. The van der Waals surface area contributed by atoms with Crippen LogP contribution in [0, 0.1) is 3.57 Å². The summed E-state index contributed by atoms with van der Waals surface area (Å²) in [5, 5.41) is 5.84. The van der Waals surface area contributed by atoms with Crippen LogP contribution in [0.2, 0.25) is 0 Å². The summed E-state index contributed by atoms with van der Waals surface area (Å²) in [5.41, 5.74) is 3.05. The Morgan fingerprint density at radius 1 is 1.21 bits per heavy atom. The molecule has 122 valence electrons. The molecule has 5 heteroatoms. The molecule has 0 aromatic heterocycles. The number of ether oxygens (including phenoxy) is 1. The van der Waals surface area contributed by atoms with Gasteiger partial charge in [-0.25, -0.2) is 0 Å². The molecule has 0 saturated heterocycles. The number of hydrazone groups is 1. The van der Waals surface area contributed by atoms with Gasteiger partial charge in [-0.2, -0.15) is 10.1 Å². The Labute approximate surface area is 155 Å². The third-order valence-electron chi connectivity index (χ3n) is 3.63. The molecule has 1 aliphatic heterocycles. The van der Waals surface area contributed by atoms with E-state index in [-0.39, 0.29) is 5.91 Å². The van der Waals surface area contributed by atoms with Crippen molar-refractivity contribution in [3.8, 4) is 5.75 Å². The maximum absolute atomic E-state index is 12.7. The van der Waals surface area contributed by atoms with Gasteiger partial charge in [-0.15, -0.1) is 0 Å². The molecule has 1 aliphatic rings. The van der Waals surface area contributed by atoms with Crippen molar-refractivity contribution in [2.45, 2.75) is 13.8 Å². The van der Waals surface area contributed by atoms with Gasteiger partial charge in [0.25, 0.3) is 5.91 Å². The van der Waals surface area contributed by atoms with E-state index in [1.54, 1.807) is 0 Å². The summed E-state index contributed by atoms with van der Waals surface area (Å²) in [7, 11) is 0. The van der Waals surface area contributed by atoms with Crippen molar-refractivity contribution >= 4 is 46.0 Å². The van der Waals surface area contributed by atoms with Gasteiger partial charge in [0, 0.05) is 0 Å². The summed E-state index contributed by atoms with van der Waals surface area (Å²) in [5.74, 6) is 0.747. The van der Waals surface area contributed by atoms with Gasteiger partial charge in [-0.05, 0) is 72.3 Å². The molecule has 2 aromatic carbocycles. The van der Waals surface area contributed by atoms with Crippen molar-refractivity contribution in [2.24, 2.45) is 5.10 Å². The largest absolute Gasteiger partial charge is 0.493 e. The number of amides is 1. The number of nitrogens with zero attached hydrogens (tertiary/aromatic N) is 2. The van der Waals surface area contributed by atoms with Crippen molar-refractivity contribution in [1.29, 1.82) is 0 Å². The SMILES string of the molecule is CCOc1ccc(C=C2C(=O)N(c3ccccc3)N=C2C)cc1I. The van der Waals surface area contributed by atoms with E-state index < -0.39 is 0 Å². The van der Waals surface area contributed by atoms with Gasteiger partial charge in [0.1, 0.15) is 5.75 Å². The fourth-order valence-electron chi connectivity index (χ4n) is 2.47. The second-order valence-electron chi connectivity index (χ2n) is 5.32. The fourth-order valence-corrected chi connectivity index (χ4v) is 3.17. The van der Waals surface area contributed by atoms with Gasteiger partial charge in [-0.1, -0.05) is 24.3 Å². The highest BCUT2D eigenvalue weighted by atomic mass is 127. The Kier molecular flexibility index (Phi) is 4.99. The maximum atomic E-state index is 12.7. The minimum absolute atomic E-state index is 0.109. The summed E-state index contributed by atoms with van der Waals surface area (Å²) in [6.45, 7) is 4.44. The lowest BCUT2D eigenvalue weighted by Gasteiger charge is -2.11. The number of halogens is 1. The van der Waals surface area contributed by atoms with Crippen molar-refractivity contribution in [1.82, 2.24) is 0 Å². The number of hydrogen-bond donors (Lipinski definition) is 0. The zero-order valence-electron chi connectivity index (χ0n) is 13.5. The lowest BCUT2D eigenvalue weighted by atomic mass is 10.1. The number of carbonyl (C=O) groups is 1. The highest BCUT2D eigenvalue weighted by Crippen LogP contribution is 2.27. The first-order valence-corrected chi connectivity index (χ1v) is 8.77. The molecule has 0 fully saturated rings. The maximum Gasteiger partial charge on any atom is 0.280 e. The molecule has 1 heterocycles. The lowest BCUT2D eigenvalue weighted by Crippen LogP contribution is -2.21. The highest BCUT2D eigenvalue weighted by molar-refractivity contribution is 14.1. The van der Waals surface area contributed by atoms with Crippen LogP contribution < -0.4 is 9.75 Å². The van der Waals surface area contributed by atoms with E-state index in [4.69, 9.17) is 4.74 Å². The van der Waals surface area contributed by atoms with E-state index in [0.717, 1.165) is 20.6 Å². The molecule has 3 rings (SSSR count). The van der Waals surface area contributed by atoms with E-state index in [1.807, 2.05) is 68.5 Å². The van der Waals surface area contributed by atoms with Crippen LogP contribution >= 0.6 is 22.6 Å². The third kappa shape index (κ3) is 3.36. The lowest BCUT2D eigenvalue weighted by molar-refractivity contribution is -0.114. The van der Waals surface area contributed by atoms with Crippen molar-refractivity contribution in [2.75, 3.05) is 11.6 Å². The Hall–Kier alpha value is -2.15. The molecule has 0 N–H and O–H groups in total. The quantitative estimate of drug-likeness (QED) is 0.528. The van der Waals surface area contributed by atoms with Crippen LogP contribution in [0.15, 0.2) is 59.2 Å². The molecule has 0 saturated carbocycles. The van der Waals surface area contributed by atoms with Crippen LogP contribution in [-0.2, 0) is 4.79 Å². The highest BCUT2D eigenvalue weighted by Gasteiger charge is 2.28. The number of anilines is 1. The molecule has 0 unspecified atom stereocenters. The molecule has 0 atom stereocenters. The van der Waals surface area contributed by atoms with Gasteiger partial charge in [-0.3, -0.25) is 4.79 Å². The van der Waals surface area contributed by atoms with Gasteiger partial charge >= 0.3 is 0 Å². The first-order valence-electron chi connectivity index (χ1n) is 7.69. The first kappa shape index (κ1) is 16.7. The fraction of sp³-hybridized carbons (Fsp3) is 0.158. The van der Waals surface area contributed by atoms with Crippen LogP contribution in [0.25, 0.3) is 6.08 Å². The number of hydrogen-bond acceptors (Lipinski definition) is 3. The minimum Gasteiger partial charge on any atom is -0.493 e. The third-order valence-corrected chi connectivity index (χ3v) is 4.47. The van der Waals surface area contributed by atoms with E-state index in [9.17, 15) is 4.79 Å². The number of carbonyl (C=O) groups excluding carboxylic acids is 1. The Bertz CT molecular complexity index is 829. The van der Waals surface area contributed by atoms with Gasteiger partial charge in [0.15, 0.2) is 0 Å². The zero-order valence-corrected chi connectivity index (χ0v) is 15.6. The summed E-state index contributed by atoms with van der Waals surface area (Å²) in [6, 6.07) is 15.3. The Morgan fingerprint density at radius 2 is 1.96 bits per heavy atom. The van der Waals surface area contributed by atoms with Crippen LogP contribution in [-0.4, -0.2) is 18.2 Å². The Morgan fingerprint density at radius 3 is 2.62 bits per heavy atom. The molecule has 0 radical (unpaired) electrons. The molecule has 2 aromatic rings. The second kappa shape index (κ2) is 7.17. The number of benzene rings is 2. The summed E-state index contributed by atoms with van der Waals surface area (Å²) < 4.78 is 6.57. The monoisotopic (exact) mass is 432 g/mol. The summed E-state index contributed by atoms with van der Waals surface area (Å²) in [6.07, 6.45) is 1.88. The van der Waals surface area contributed by atoms with Gasteiger partial charge in [0.05, 0.1) is 27.1 Å². The molecule has 0 bridgehead atoms. The predicted molar refractivity (Wildman–Crippen MR) is 105 cm³/mol. The van der Waals surface area contributed by atoms with Crippen LogP contribution in [0.5, 0.6) is 5.75 Å². The average molecular weight is 432 g/mol. The molecule has 4 nitrogen and oxygen atoms in total. The topological polar surface area (TPSA) is 41.9 Å². The average Bonchev–Trinajstić information content (AvgIpc) is 2.86. The summed E-state index contributed by atoms with van der Waals surface area (Å²) >= 11 is 2.24. The van der Waals surface area contributed by atoms with E-state index in [0.29, 0.717) is 17.9 Å². The molecule has 24 heavy (non-hydrogen) atoms. The predicted octanol–water partition coefficient (Wildman–Crippen LogP) is 4.50. The van der Waals surface area contributed by atoms with Crippen LogP contribution in [0.1, 0.15) is 19.4 Å². The van der Waals surface area contributed by atoms with E-state index in [1.165, 1.54) is 5.01 Å². The molecule has 1 amide bonds. The van der Waals surface area contributed by atoms with Crippen molar-refractivity contribution in [3.05, 3.63) is 63.2 Å². The van der Waals surface area contributed by atoms with Crippen molar-refractivity contribution in [3.63, 3.8) is 0 Å². The van der Waals surface area contributed by atoms with Crippen molar-refractivity contribution < 1.29 is 9.53 Å². The van der Waals surface area contributed by atoms with E-state index >= 15 is 0 Å². The van der Waals surface area contributed by atoms with Gasteiger partial charge in [0.2, 0.25) is 0 Å². The Balaban J connectivity index is 1.90. The minimum atomic E-state index is -0.109. The standard InChI is InChI=1S/C19H17IN2O2/c1-3-24-18-10-9-14(12-17(18)20)11-16-13(2)21-22(19(16)23)15-7-5-4-6-8-15/h4-12H,3H2,1-2H3. The molecule has 0 spiro atoms. The zero-order chi connectivity index (χ0) is 17.1. The molecular formula is C19H17IN2O2. The van der Waals surface area contributed by atoms with Crippen LogP contribution in [0.4, 0.5) is 5.69 Å². The van der Waals surface area contributed by atoms with Crippen LogP contribution in [0.3, 0.4) is 0 Å². The molecular weight excluding hydrogens is 415 g/mol. The van der Waals surface area contributed by atoms with E-state index in [2.05, 4.69) is 27.7 Å². The second-order valence-corrected chi connectivity index (χ2v) is 6.48.